The molecule has 2 rings (SSSR count). The van der Waals surface area contributed by atoms with Gasteiger partial charge in [-0.1, -0.05) is 12.5 Å². The molecule has 1 heterocycles. The highest BCUT2D eigenvalue weighted by atomic mass is 19.1. The van der Waals surface area contributed by atoms with Crippen molar-refractivity contribution in [2.45, 2.75) is 38.6 Å². The quantitative estimate of drug-likeness (QED) is 0.872. The lowest BCUT2D eigenvalue weighted by molar-refractivity contribution is -0.123. The van der Waals surface area contributed by atoms with Crippen LogP contribution >= 0.6 is 0 Å². The Morgan fingerprint density at radius 3 is 3.00 bits per heavy atom. The summed E-state index contributed by atoms with van der Waals surface area (Å²) in [6.07, 6.45) is 3.92. The van der Waals surface area contributed by atoms with Gasteiger partial charge in [0.05, 0.1) is 6.04 Å². The van der Waals surface area contributed by atoms with Gasteiger partial charge in [0.15, 0.2) is 0 Å². The van der Waals surface area contributed by atoms with E-state index in [9.17, 15) is 9.18 Å². The van der Waals surface area contributed by atoms with Crippen molar-refractivity contribution in [3.05, 3.63) is 35.1 Å². The van der Waals surface area contributed by atoms with Crippen molar-refractivity contribution in [1.29, 1.82) is 0 Å². The standard InChI is InChI=1S/C15H21FN2O/c1-11-10-13(16)6-5-12(11)7-9-18-15(19)14-4-2-3-8-17-14/h5-6,10,14,17H,2-4,7-9H2,1H3,(H,18,19). The highest BCUT2D eigenvalue weighted by Gasteiger charge is 2.19. The molecule has 1 fully saturated rings. The van der Waals surface area contributed by atoms with E-state index in [0.717, 1.165) is 43.4 Å². The Morgan fingerprint density at radius 2 is 2.32 bits per heavy atom. The molecular weight excluding hydrogens is 243 g/mol. The van der Waals surface area contributed by atoms with Gasteiger partial charge in [0.1, 0.15) is 5.82 Å². The van der Waals surface area contributed by atoms with Crippen LogP contribution in [0.3, 0.4) is 0 Å². The zero-order valence-corrected chi connectivity index (χ0v) is 11.3. The summed E-state index contributed by atoms with van der Waals surface area (Å²) < 4.78 is 13.0. The fourth-order valence-electron chi connectivity index (χ4n) is 2.46. The molecule has 4 heteroatoms. The second-order valence-corrected chi connectivity index (χ2v) is 5.11. The van der Waals surface area contributed by atoms with Gasteiger partial charge in [0, 0.05) is 6.54 Å². The minimum absolute atomic E-state index is 0.0388. The van der Waals surface area contributed by atoms with E-state index in [-0.39, 0.29) is 17.8 Å². The molecule has 0 aliphatic carbocycles. The second kappa shape index (κ2) is 6.66. The third kappa shape index (κ3) is 4.03. The Bertz CT molecular complexity index is 442. The fraction of sp³-hybridized carbons (Fsp3) is 0.533. The zero-order valence-electron chi connectivity index (χ0n) is 11.3. The Balaban J connectivity index is 1.78. The first-order valence-corrected chi connectivity index (χ1v) is 6.93. The van der Waals surface area contributed by atoms with Crippen LogP contribution in [0, 0.1) is 12.7 Å². The molecule has 1 aliphatic heterocycles. The third-order valence-corrected chi connectivity index (χ3v) is 3.63. The van der Waals surface area contributed by atoms with Crippen molar-refractivity contribution in [2.75, 3.05) is 13.1 Å². The predicted molar refractivity (Wildman–Crippen MR) is 73.5 cm³/mol. The summed E-state index contributed by atoms with van der Waals surface area (Å²) >= 11 is 0. The molecule has 1 aromatic carbocycles. The number of hydrogen-bond donors (Lipinski definition) is 2. The molecule has 2 N–H and O–H groups in total. The maximum absolute atomic E-state index is 13.0. The number of hydrogen-bond acceptors (Lipinski definition) is 2. The molecule has 0 radical (unpaired) electrons. The molecular formula is C15H21FN2O. The SMILES string of the molecule is Cc1cc(F)ccc1CCNC(=O)C1CCCCN1. The molecule has 0 bridgehead atoms. The second-order valence-electron chi connectivity index (χ2n) is 5.11. The number of aryl methyl sites for hydroxylation is 1. The molecule has 0 saturated carbocycles. The number of benzene rings is 1. The van der Waals surface area contributed by atoms with Crippen LogP contribution in [0.5, 0.6) is 0 Å². The molecule has 19 heavy (non-hydrogen) atoms. The van der Waals surface area contributed by atoms with E-state index in [1.165, 1.54) is 12.1 Å². The van der Waals surface area contributed by atoms with Crippen LogP contribution in [0.2, 0.25) is 0 Å². The van der Waals surface area contributed by atoms with Crippen LogP contribution < -0.4 is 10.6 Å². The van der Waals surface area contributed by atoms with Gasteiger partial charge in [-0.15, -0.1) is 0 Å². The van der Waals surface area contributed by atoms with Gasteiger partial charge in [-0.25, -0.2) is 4.39 Å². The lowest BCUT2D eigenvalue weighted by atomic mass is 10.0. The summed E-state index contributed by atoms with van der Waals surface area (Å²) in [4.78, 5) is 11.9. The van der Waals surface area contributed by atoms with Crippen molar-refractivity contribution in [3.8, 4) is 0 Å². The van der Waals surface area contributed by atoms with E-state index in [2.05, 4.69) is 10.6 Å². The average molecular weight is 264 g/mol. The summed E-state index contributed by atoms with van der Waals surface area (Å²) in [6.45, 7) is 3.42. The molecule has 1 amide bonds. The summed E-state index contributed by atoms with van der Waals surface area (Å²) in [5.74, 6) is -0.129. The number of nitrogens with one attached hydrogen (secondary N) is 2. The van der Waals surface area contributed by atoms with Crippen molar-refractivity contribution in [1.82, 2.24) is 10.6 Å². The van der Waals surface area contributed by atoms with E-state index in [1.807, 2.05) is 6.92 Å². The van der Waals surface area contributed by atoms with Crippen molar-refractivity contribution < 1.29 is 9.18 Å². The fourth-order valence-corrected chi connectivity index (χ4v) is 2.46. The summed E-state index contributed by atoms with van der Waals surface area (Å²) in [5, 5.41) is 6.17. The molecule has 0 aromatic heterocycles. The Hall–Kier alpha value is -1.42. The third-order valence-electron chi connectivity index (χ3n) is 3.63. The molecule has 1 aromatic rings. The van der Waals surface area contributed by atoms with Gasteiger partial charge in [-0.3, -0.25) is 4.79 Å². The summed E-state index contributed by atoms with van der Waals surface area (Å²) in [7, 11) is 0. The maximum atomic E-state index is 13.0. The number of carbonyl (C=O) groups excluding carboxylic acids is 1. The van der Waals surface area contributed by atoms with Crippen LogP contribution in [0.4, 0.5) is 4.39 Å². The topological polar surface area (TPSA) is 41.1 Å². The Kier molecular flexibility index (Phi) is 4.91. The first-order valence-electron chi connectivity index (χ1n) is 6.93. The minimum Gasteiger partial charge on any atom is -0.354 e. The first kappa shape index (κ1) is 14.0. The molecule has 1 unspecified atom stereocenters. The van der Waals surface area contributed by atoms with Crippen LogP contribution in [0.15, 0.2) is 18.2 Å². The molecule has 0 spiro atoms. The van der Waals surface area contributed by atoms with Gasteiger partial charge < -0.3 is 10.6 Å². The van der Waals surface area contributed by atoms with Crippen LogP contribution in [0.1, 0.15) is 30.4 Å². The lowest BCUT2D eigenvalue weighted by Gasteiger charge is -2.22. The Labute approximate surface area is 113 Å². The van der Waals surface area contributed by atoms with E-state index in [4.69, 9.17) is 0 Å². The van der Waals surface area contributed by atoms with E-state index in [0.29, 0.717) is 6.54 Å². The zero-order chi connectivity index (χ0) is 13.7. The molecule has 1 atom stereocenters. The van der Waals surface area contributed by atoms with Gasteiger partial charge >= 0.3 is 0 Å². The number of halogens is 1. The predicted octanol–water partition coefficient (Wildman–Crippen LogP) is 1.93. The van der Waals surface area contributed by atoms with Crippen molar-refractivity contribution in [3.63, 3.8) is 0 Å². The summed E-state index contributed by atoms with van der Waals surface area (Å²) in [6, 6.07) is 4.74. The number of rotatable bonds is 4. The van der Waals surface area contributed by atoms with E-state index in [1.54, 1.807) is 6.07 Å². The van der Waals surface area contributed by atoms with Crippen LogP contribution in [0.25, 0.3) is 0 Å². The largest absolute Gasteiger partial charge is 0.354 e. The number of piperidine rings is 1. The average Bonchev–Trinajstić information content (AvgIpc) is 2.42. The smallest absolute Gasteiger partial charge is 0.237 e. The monoisotopic (exact) mass is 264 g/mol. The normalized spacial score (nSPS) is 19.2. The minimum atomic E-state index is -0.211. The Morgan fingerprint density at radius 1 is 1.47 bits per heavy atom. The van der Waals surface area contributed by atoms with E-state index < -0.39 is 0 Å². The molecule has 104 valence electrons. The van der Waals surface area contributed by atoms with Gasteiger partial charge in [-0.05, 0) is 56.0 Å². The van der Waals surface area contributed by atoms with Crippen LogP contribution in [-0.2, 0) is 11.2 Å². The number of carbonyl (C=O) groups is 1. The lowest BCUT2D eigenvalue weighted by Crippen LogP contribution is -2.47. The van der Waals surface area contributed by atoms with Crippen molar-refractivity contribution in [2.24, 2.45) is 0 Å². The summed E-state index contributed by atoms with van der Waals surface area (Å²) in [5.41, 5.74) is 2.02. The van der Waals surface area contributed by atoms with Crippen molar-refractivity contribution >= 4 is 5.91 Å². The van der Waals surface area contributed by atoms with Gasteiger partial charge in [0.25, 0.3) is 0 Å². The maximum Gasteiger partial charge on any atom is 0.237 e. The van der Waals surface area contributed by atoms with Gasteiger partial charge in [-0.2, -0.15) is 0 Å². The van der Waals surface area contributed by atoms with Crippen LogP contribution in [-0.4, -0.2) is 25.0 Å². The highest BCUT2D eigenvalue weighted by Crippen LogP contribution is 2.10. The molecule has 3 nitrogen and oxygen atoms in total. The molecule has 1 saturated heterocycles. The number of amides is 1. The molecule has 1 aliphatic rings. The highest BCUT2D eigenvalue weighted by molar-refractivity contribution is 5.81. The van der Waals surface area contributed by atoms with E-state index >= 15 is 0 Å². The van der Waals surface area contributed by atoms with Gasteiger partial charge in [0.2, 0.25) is 5.91 Å². The first-order chi connectivity index (χ1) is 9.16.